The number of allylic oxidation sites excluding steroid dienone is 4. The van der Waals surface area contributed by atoms with Gasteiger partial charge >= 0.3 is 0 Å². The third-order valence-corrected chi connectivity index (χ3v) is 3.41. The molecule has 2 aliphatic carbocycles. The summed E-state index contributed by atoms with van der Waals surface area (Å²) in [5.74, 6) is 0. The maximum Gasteiger partial charge on any atom is -0.0109 e. The van der Waals surface area contributed by atoms with E-state index in [-0.39, 0.29) is 0 Å². The fourth-order valence-electron chi connectivity index (χ4n) is 2.63. The van der Waals surface area contributed by atoms with Gasteiger partial charge in [-0.1, -0.05) is 30.2 Å². The van der Waals surface area contributed by atoms with Gasteiger partial charge in [-0.3, -0.25) is 0 Å². The summed E-state index contributed by atoms with van der Waals surface area (Å²) < 4.78 is 0. The van der Waals surface area contributed by atoms with E-state index in [0.717, 1.165) is 0 Å². The highest BCUT2D eigenvalue weighted by Crippen LogP contribution is 2.45. The van der Waals surface area contributed by atoms with Gasteiger partial charge in [0, 0.05) is 0 Å². The summed E-state index contributed by atoms with van der Waals surface area (Å²) >= 11 is 0. The van der Waals surface area contributed by atoms with Gasteiger partial charge in [-0.15, -0.1) is 0 Å². The first kappa shape index (κ1) is 9.05. The van der Waals surface area contributed by atoms with Gasteiger partial charge in [-0.05, 0) is 50.9 Å². The monoisotopic (exact) mass is 176 g/mol. The van der Waals surface area contributed by atoms with Crippen molar-refractivity contribution in [2.24, 2.45) is 5.41 Å². The lowest BCUT2D eigenvalue weighted by molar-refractivity contribution is 0.336. The Morgan fingerprint density at radius 3 is 2.54 bits per heavy atom. The molecule has 0 N–H and O–H groups in total. The summed E-state index contributed by atoms with van der Waals surface area (Å²) in [5.41, 5.74) is 4.07. The van der Waals surface area contributed by atoms with Crippen molar-refractivity contribution in [3.05, 3.63) is 23.3 Å². The molecule has 0 spiro atoms. The van der Waals surface area contributed by atoms with Gasteiger partial charge in [0.1, 0.15) is 0 Å². The first-order valence-electron chi connectivity index (χ1n) is 5.57. The molecule has 0 amide bonds. The average molecular weight is 176 g/mol. The Kier molecular flexibility index (Phi) is 2.31. The van der Waals surface area contributed by atoms with Gasteiger partial charge < -0.3 is 0 Å². The molecule has 0 aromatic rings. The topological polar surface area (TPSA) is 0 Å². The average Bonchev–Trinajstić information content (AvgIpc) is 2.86. The number of rotatable bonds is 1. The molecule has 2 rings (SSSR count). The Morgan fingerprint density at radius 1 is 1.15 bits per heavy atom. The summed E-state index contributed by atoms with van der Waals surface area (Å²) in [4.78, 5) is 0. The maximum absolute atomic E-state index is 2.41. The Balaban J connectivity index is 2.11. The molecule has 0 aromatic heterocycles. The Labute approximate surface area is 81.7 Å². The van der Waals surface area contributed by atoms with E-state index in [2.05, 4.69) is 26.0 Å². The first-order chi connectivity index (χ1) is 6.23. The second-order valence-corrected chi connectivity index (χ2v) is 4.89. The standard InChI is InChI=1S/C13H20/c1-3-8-13(2)9-4-5-12(10-13)11-6-7-11/h3,8H,4-7,9-10H2,1-2H3/b8-3+. The van der Waals surface area contributed by atoms with Crippen molar-refractivity contribution in [2.75, 3.05) is 0 Å². The lowest BCUT2D eigenvalue weighted by Gasteiger charge is -2.32. The van der Waals surface area contributed by atoms with Crippen LogP contribution in [0.15, 0.2) is 23.3 Å². The molecule has 13 heavy (non-hydrogen) atoms. The van der Waals surface area contributed by atoms with Crippen LogP contribution in [0.4, 0.5) is 0 Å². The summed E-state index contributed by atoms with van der Waals surface area (Å²) in [6.45, 7) is 4.55. The highest BCUT2D eigenvalue weighted by Gasteiger charge is 2.29. The van der Waals surface area contributed by atoms with Crippen molar-refractivity contribution < 1.29 is 0 Å². The predicted octanol–water partition coefficient (Wildman–Crippen LogP) is 4.23. The highest BCUT2D eigenvalue weighted by molar-refractivity contribution is 5.28. The second-order valence-electron chi connectivity index (χ2n) is 4.89. The molecule has 2 fully saturated rings. The zero-order valence-corrected chi connectivity index (χ0v) is 8.90. The van der Waals surface area contributed by atoms with Gasteiger partial charge in [0.2, 0.25) is 0 Å². The Bertz CT molecular complexity index is 251. The minimum Gasteiger partial charge on any atom is -0.0911 e. The van der Waals surface area contributed by atoms with Gasteiger partial charge in [-0.25, -0.2) is 0 Å². The fraction of sp³-hybridized carbons (Fsp3) is 0.692. The van der Waals surface area contributed by atoms with E-state index in [0.29, 0.717) is 5.41 Å². The number of hydrogen-bond acceptors (Lipinski definition) is 0. The zero-order chi connectivity index (χ0) is 9.31. The normalized spacial score (nSPS) is 34.3. The van der Waals surface area contributed by atoms with Crippen LogP contribution in [0.1, 0.15) is 52.4 Å². The number of hydrogen-bond donors (Lipinski definition) is 0. The summed E-state index contributed by atoms with van der Waals surface area (Å²) in [6, 6.07) is 0. The van der Waals surface area contributed by atoms with E-state index in [1.54, 1.807) is 11.1 Å². The Hall–Kier alpha value is -0.520. The highest BCUT2D eigenvalue weighted by atomic mass is 14.3. The van der Waals surface area contributed by atoms with Crippen molar-refractivity contribution in [3.8, 4) is 0 Å². The van der Waals surface area contributed by atoms with Gasteiger partial charge in [0.15, 0.2) is 0 Å². The van der Waals surface area contributed by atoms with Crippen LogP contribution in [0, 0.1) is 5.41 Å². The van der Waals surface area contributed by atoms with Crippen LogP contribution in [0.5, 0.6) is 0 Å². The summed E-state index contributed by atoms with van der Waals surface area (Å²) in [7, 11) is 0. The molecule has 72 valence electrons. The smallest absolute Gasteiger partial charge is 0.0109 e. The molecule has 0 bridgehead atoms. The predicted molar refractivity (Wildman–Crippen MR) is 57.6 cm³/mol. The van der Waals surface area contributed by atoms with Gasteiger partial charge in [0.05, 0.1) is 0 Å². The molecule has 0 nitrogen and oxygen atoms in total. The van der Waals surface area contributed by atoms with Gasteiger partial charge in [-0.2, -0.15) is 0 Å². The zero-order valence-electron chi connectivity index (χ0n) is 8.90. The molecule has 0 aromatic carbocycles. The fourth-order valence-corrected chi connectivity index (χ4v) is 2.63. The maximum atomic E-state index is 2.41. The van der Waals surface area contributed by atoms with E-state index in [9.17, 15) is 0 Å². The molecule has 1 unspecified atom stereocenters. The van der Waals surface area contributed by atoms with Crippen molar-refractivity contribution >= 4 is 0 Å². The molecule has 1 atom stereocenters. The molecule has 0 heteroatoms. The van der Waals surface area contributed by atoms with Gasteiger partial charge in [0.25, 0.3) is 0 Å². The van der Waals surface area contributed by atoms with Crippen molar-refractivity contribution in [1.82, 2.24) is 0 Å². The lowest BCUT2D eigenvalue weighted by atomic mass is 9.73. The van der Waals surface area contributed by atoms with Crippen molar-refractivity contribution in [1.29, 1.82) is 0 Å². The molecule has 0 saturated heterocycles. The second kappa shape index (κ2) is 3.32. The minimum atomic E-state index is 0.484. The van der Waals surface area contributed by atoms with E-state index < -0.39 is 0 Å². The van der Waals surface area contributed by atoms with Crippen molar-refractivity contribution in [3.63, 3.8) is 0 Å². The first-order valence-corrected chi connectivity index (χ1v) is 5.57. The van der Waals surface area contributed by atoms with Crippen LogP contribution in [0.2, 0.25) is 0 Å². The molecular weight excluding hydrogens is 156 g/mol. The van der Waals surface area contributed by atoms with E-state index >= 15 is 0 Å². The van der Waals surface area contributed by atoms with Crippen LogP contribution >= 0.6 is 0 Å². The van der Waals surface area contributed by atoms with Crippen LogP contribution in [0.25, 0.3) is 0 Å². The minimum absolute atomic E-state index is 0.484. The van der Waals surface area contributed by atoms with Crippen molar-refractivity contribution in [2.45, 2.75) is 52.4 Å². The van der Waals surface area contributed by atoms with Crippen LogP contribution in [0.3, 0.4) is 0 Å². The lowest BCUT2D eigenvalue weighted by Crippen LogP contribution is -2.18. The Morgan fingerprint density at radius 2 is 1.92 bits per heavy atom. The summed E-state index contributed by atoms with van der Waals surface area (Å²) in [6.07, 6.45) is 13.0. The van der Waals surface area contributed by atoms with Crippen LogP contribution < -0.4 is 0 Å². The van der Waals surface area contributed by atoms with E-state index in [1.807, 2.05) is 0 Å². The largest absolute Gasteiger partial charge is 0.0911 e. The third-order valence-electron chi connectivity index (χ3n) is 3.41. The molecule has 0 aliphatic heterocycles. The van der Waals surface area contributed by atoms with Crippen LogP contribution in [-0.4, -0.2) is 0 Å². The quantitative estimate of drug-likeness (QED) is 0.524. The molecule has 2 aliphatic rings. The molecule has 0 heterocycles. The van der Waals surface area contributed by atoms with E-state index in [4.69, 9.17) is 0 Å². The van der Waals surface area contributed by atoms with E-state index in [1.165, 1.54) is 38.5 Å². The third kappa shape index (κ3) is 2.04. The molecular formula is C13H20. The van der Waals surface area contributed by atoms with Crippen LogP contribution in [-0.2, 0) is 0 Å². The summed E-state index contributed by atoms with van der Waals surface area (Å²) in [5, 5.41) is 0. The molecule has 2 saturated carbocycles. The SMILES string of the molecule is C/C=C/C1(C)CCCC(=C2CC2)C1. The molecule has 0 radical (unpaired) electrons.